The van der Waals surface area contributed by atoms with Crippen molar-refractivity contribution in [3.05, 3.63) is 84.2 Å². The first-order valence-electron chi connectivity index (χ1n) is 9.20. The number of aromatic nitrogens is 3. The normalized spacial score (nSPS) is 19.5. The highest BCUT2D eigenvalue weighted by atomic mass is 32.1. The maximum absolute atomic E-state index is 5.68. The summed E-state index contributed by atoms with van der Waals surface area (Å²) in [5.41, 5.74) is 3.24. The molecule has 1 saturated heterocycles. The maximum Gasteiger partial charge on any atom is 0.170 e. The Hall–Kier alpha value is -2.73. The van der Waals surface area contributed by atoms with Crippen LogP contribution in [0.3, 0.4) is 0 Å². The van der Waals surface area contributed by atoms with E-state index in [1.807, 2.05) is 36.7 Å². The molecule has 6 heteroatoms. The van der Waals surface area contributed by atoms with E-state index in [1.54, 1.807) is 0 Å². The van der Waals surface area contributed by atoms with Crippen LogP contribution in [0.2, 0.25) is 0 Å². The standard InChI is InChI=1S/C21H23N5S/c1-15(2)26-20(19(24-21(26)27)17-9-4-6-12-23-17)18-10-7-13-25(18)14-16-8-3-5-11-22-16/h3-13,15,19-20H,14H2,1-2H3,(H,24,27)/t19-,20-/m0/s1. The van der Waals surface area contributed by atoms with Gasteiger partial charge in [0.1, 0.15) is 0 Å². The third-order valence-electron chi connectivity index (χ3n) is 4.92. The predicted molar refractivity (Wildman–Crippen MR) is 110 cm³/mol. The number of rotatable bonds is 5. The minimum Gasteiger partial charge on any atom is -0.352 e. The Balaban J connectivity index is 1.74. The molecular weight excluding hydrogens is 354 g/mol. The zero-order chi connectivity index (χ0) is 18.8. The van der Waals surface area contributed by atoms with E-state index in [9.17, 15) is 0 Å². The molecule has 0 unspecified atom stereocenters. The average molecular weight is 378 g/mol. The summed E-state index contributed by atoms with van der Waals surface area (Å²) in [4.78, 5) is 11.3. The first-order chi connectivity index (χ1) is 13.1. The van der Waals surface area contributed by atoms with Crippen molar-refractivity contribution in [3.8, 4) is 0 Å². The SMILES string of the molecule is CC(C)N1C(=S)N[C@@H](c2ccccn2)[C@@H]1c1cccn1Cc1ccccn1. The summed E-state index contributed by atoms with van der Waals surface area (Å²) in [5.74, 6) is 0. The molecule has 0 amide bonds. The lowest BCUT2D eigenvalue weighted by atomic mass is 10.0. The van der Waals surface area contributed by atoms with E-state index in [4.69, 9.17) is 12.2 Å². The van der Waals surface area contributed by atoms with Gasteiger partial charge in [-0.05, 0) is 62.5 Å². The molecule has 5 nitrogen and oxygen atoms in total. The van der Waals surface area contributed by atoms with Crippen molar-refractivity contribution in [3.63, 3.8) is 0 Å². The number of thiocarbonyl (C=S) groups is 1. The highest BCUT2D eigenvalue weighted by molar-refractivity contribution is 7.80. The fourth-order valence-corrected chi connectivity index (χ4v) is 4.20. The minimum atomic E-state index is 0.0125. The fraction of sp³-hybridized carbons (Fsp3) is 0.286. The topological polar surface area (TPSA) is 46.0 Å². The Labute approximate surface area is 165 Å². The zero-order valence-electron chi connectivity index (χ0n) is 15.5. The molecule has 0 aliphatic carbocycles. The number of hydrogen-bond donors (Lipinski definition) is 1. The van der Waals surface area contributed by atoms with Gasteiger partial charge in [-0.1, -0.05) is 12.1 Å². The second-order valence-electron chi connectivity index (χ2n) is 7.01. The van der Waals surface area contributed by atoms with Crippen molar-refractivity contribution < 1.29 is 0 Å². The lowest BCUT2D eigenvalue weighted by Crippen LogP contribution is -2.36. The molecule has 2 atom stereocenters. The molecule has 138 valence electrons. The Kier molecular flexibility index (Phi) is 4.90. The molecule has 27 heavy (non-hydrogen) atoms. The quantitative estimate of drug-likeness (QED) is 0.687. The summed E-state index contributed by atoms with van der Waals surface area (Å²) in [5, 5.41) is 4.27. The molecular formula is C21H23N5S. The Morgan fingerprint density at radius 2 is 1.81 bits per heavy atom. The summed E-state index contributed by atoms with van der Waals surface area (Å²) in [7, 11) is 0. The van der Waals surface area contributed by atoms with Crippen LogP contribution >= 0.6 is 12.2 Å². The van der Waals surface area contributed by atoms with Gasteiger partial charge in [-0.15, -0.1) is 0 Å². The van der Waals surface area contributed by atoms with Crippen LogP contribution in [0.4, 0.5) is 0 Å². The Morgan fingerprint density at radius 1 is 1.04 bits per heavy atom. The van der Waals surface area contributed by atoms with Crippen LogP contribution in [0.25, 0.3) is 0 Å². The molecule has 4 heterocycles. The van der Waals surface area contributed by atoms with E-state index in [-0.39, 0.29) is 18.1 Å². The van der Waals surface area contributed by atoms with Gasteiger partial charge in [0.25, 0.3) is 0 Å². The molecule has 3 aromatic rings. The van der Waals surface area contributed by atoms with Crippen molar-refractivity contribution >= 4 is 17.3 Å². The van der Waals surface area contributed by atoms with Crippen LogP contribution in [0, 0.1) is 0 Å². The molecule has 0 bridgehead atoms. The summed E-state index contributed by atoms with van der Waals surface area (Å²) in [6.07, 6.45) is 5.78. The van der Waals surface area contributed by atoms with Crippen LogP contribution in [-0.2, 0) is 6.54 Å². The monoisotopic (exact) mass is 377 g/mol. The third kappa shape index (κ3) is 3.45. The first kappa shape index (κ1) is 17.7. The second-order valence-corrected chi connectivity index (χ2v) is 7.40. The molecule has 3 aromatic heterocycles. The van der Waals surface area contributed by atoms with Crippen molar-refractivity contribution in [2.45, 2.75) is 38.5 Å². The largest absolute Gasteiger partial charge is 0.352 e. The van der Waals surface area contributed by atoms with Gasteiger partial charge in [0.15, 0.2) is 5.11 Å². The van der Waals surface area contributed by atoms with Gasteiger partial charge in [0, 0.05) is 30.3 Å². The number of nitrogens with zero attached hydrogens (tertiary/aromatic N) is 4. The van der Waals surface area contributed by atoms with Gasteiger partial charge < -0.3 is 14.8 Å². The maximum atomic E-state index is 5.68. The molecule has 1 aliphatic heterocycles. The summed E-state index contributed by atoms with van der Waals surface area (Å²) >= 11 is 5.68. The van der Waals surface area contributed by atoms with E-state index in [0.717, 1.165) is 23.0 Å². The highest BCUT2D eigenvalue weighted by Crippen LogP contribution is 2.39. The van der Waals surface area contributed by atoms with Crippen LogP contribution in [0.15, 0.2) is 67.1 Å². The predicted octanol–water partition coefficient (Wildman–Crippen LogP) is 3.71. The van der Waals surface area contributed by atoms with E-state index in [1.165, 1.54) is 5.69 Å². The second kappa shape index (κ2) is 7.48. The average Bonchev–Trinajstić information content (AvgIpc) is 3.27. The van der Waals surface area contributed by atoms with Crippen molar-refractivity contribution in [1.82, 2.24) is 24.8 Å². The van der Waals surface area contributed by atoms with E-state index < -0.39 is 0 Å². The van der Waals surface area contributed by atoms with Gasteiger partial charge in [-0.2, -0.15) is 0 Å². The number of pyridine rings is 2. The van der Waals surface area contributed by atoms with Crippen molar-refractivity contribution in [2.75, 3.05) is 0 Å². The van der Waals surface area contributed by atoms with Crippen molar-refractivity contribution in [1.29, 1.82) is 0 Å². The van der Waals surface area contributed by atoms with Crippen LogP contribution in [0.1, 0.15) is 43.0 Å². The van der Waals surface area contributed by atoms with E-state index >= 15 is 0 Å². The lowest BCUT2D eigenvalue weighted by Gasteiger charge is -2.31. The van der Waals surface area contributed by atoms with Gasteiger partial charge in [-0.25, -0.2) is 0 Å². The third-order valence-corrected chi connectivity index (χ3v) is 5.25. The Morgan fingerprint density at radius 3 is 2.48 bits per heavy atom. The summed E-state index contributed by atoms with van der Waals surface area (Å²) in [6.45, 7) is 5.08. The van der Waals surface area contributed by atoms with Gasteiger partial charge in [-0.3, -0.25) is 9.97 Å². The molecule has 0 radical (unpaired) electrons. The van der Waals surface area contributed by atoms with Crippen LogP contribution < -0.4 is 5.32 Å². The molecule has 1 N–H and O–H groups in total. The molecule has 1 fully saturated rings. The zero-order valence-corrected chi connectivity index (χ0v) is 16.3. The summed E-state index contributed by atoms with van der Waals surface area (Å²) < 4.78 is 2.26. The summed E-state index contributed by atoms with van der Waals surface area (Å²) in [6, 6.07) is 16.7. The van der Waals surface area contributed by atoms with Gasteiger partial charge >= 0.3 is 0 Å². The Bertz CT molecular complexity index is 907. The lowest BCUT2D eigenvalue weighted by molar-refractivity contribution is 0.259. The van der Waals surface area contributed by atoms with Crippen molar-refractivity contribution in [2.24, 2.45) is 0 Å². The van der Waals surface area contributed by atoms with Gasteiger partial charge in [0.2, 0.25) is 0 Å². The highest BCUT2D eigenvalue weighted by Gasteiger charge is 2.42. The van der Waals surface area contributed by atoms with E-state index in [2.05, 4.69) is 69.1 Å². The molecule has 4 rings (SSSR count). The first-order valence-corrected chi connectivity index (χ1v) is 9.60. The van der Waals surface area contributed by atoms with E-state index in [0.29, 0.717) is 0 Å². The van der Waals surface area contributed by atoms with Crippen LogP contribution in [-0.4, -0.2) is 30.6 Å². The molecule has 0 aromatic carbocycles. The molecule has 0 spiro atoms. The minimum absolute atomic E-state index is 0.0125. The molecule has 0 saturated carbocycles. The number of hydrogen-bond acceptors (Lipinski definition) is 3. The molecule has 1 aliphatic rings. The smallest absolute Gasteiger partial charge is 0.170 e. The fourth-order valence-electron chi connectivity index (χ4n) is 3.74. The van der Waals surface area contributed by atoms with Gasteiger partial charge in [0.05, 0.1) is 30.0 Å². The van der Waals surface area contributed by atoms with Crippen LogP contribution in [0.5, 0.6) is 0 Å². The number of nitrogens with one attached hydrogen (secondary N) is 1.